The molecule has 5 nitrogen and oxygen atoms in total. The van der Waals surface area contributed by atoms with Crippen LogP contribution in [-0.2, 0) is 0 Å². The minimum atomic E-state index is 0.609. The molecule has 0 atom stereocenters. The topological polar surface area (TPSA) is 64.7 Å². The molecule has 256 valence electrons. The number of hydrogen-bond donors (Lipinski definition) is 0. The molecule has 11 rings (SSSR count). The molecule has 5 heteroatoms. The fourth-order valence-electron chi connectivity index (χ4n) is 7.81. The van der Waals surface area contributed by atoms with E-state index in [1.165, 1.54) is 11.1 Å². The first-order valence-corrected chi connectivity index (χ1v) is 18.4. The van der Waals surface area contributed by atoms with E-state index in [0.29, 0.717) is 23.4 Å². The quantitative estimate of drug-likeness (QED) is 0.167. The summed E-state index contributed by atoms with van der Waals surface area (Å²) in [6.45, 7) is 0. The van der Waals surface area contributed by atoms with Gasteiger partial charge in [-0.15, -0.1) is 0 Å². The lowest BCUT2D eigenvalue weighted by Crippen LogP contribution is -2.00. The van der Waals surface area contributed by atoms with Gasteiger partial charge in [0, 0.05) is 33.0 Å². The Hall–Kier alpha value is -7.50. The predicted octanol–water partition coefficient (Wildman–Crippen LogP) is 13.0. The highest BCUT2D eigenvalue weighted by atomic mass is 16.3. The third kappa shape index (κ3) is 5.33. The smallest absolute Gasteiger partial charge is 0.227 e. The molecule has 0 aliphatic rings. The van der Waals surface area contributed by atoms with Crippen LogP contribution in [0.2, 0.25) is 0 Å². The van der Waals surface area contributed by atoms with Gasteiger partial charge in [0.2, 0.25) is 5.89 Å². The third-order valence-electron chi connectivity index (χ3n) is 10.5. The second-order valence-electron chi connectivity index (χ2n) is 13.8. The highest BCUT2D eigenvalue weighted by Crippen LogP contribution is 2.40. The summed E-state index contributed by atoms with van der Waals surface area (Å²) in [4.78, 5) is 20.3. The highest BCUT2D eigenvalue weighted by molar-refractivity contribution is 6.27. The van der Waals surface area contributed by atoms with Gasteiger partial charge in [-0.3, -0.25) is 0 Å². The Morgan fingerprint density at radius 3 is 1.64 bits per heavy atom. The summed E-state index contributed by atoms with van der Waals surface area (Å²) in [5, 5.41) is 8.79. The van der Waals surface area contributed by atoms with Gasteiger partial charge in [0.05, 0.1) is 0 Å². The standard InChI is InChI=1S/C50H30N4O/c1-4-11-31(12-5-1)36-21-22-38-30-39(24-23-37(38)29-36)48-52-47(34-13-6-2-7-14-34)53-49(54-48)42-18-10-17-41-40(42)27-25-32-19-20-33-26-28-43-46(45(33)44(32)41)55-50(51-43)35-15-8-3-9-16-35/h1-30H. The molecule has 2 aromatic heterocycles. The highest BCUT2D eigenvalue weighted by Gasteiger charge is 2.18. The lowest BCUT2D eigenvalue weighted by Gasteiger charge is -2.13. The summed E-state index contributed by atoms with van der Waals surface area (Å²) in [7, 11) is 0. The van der Waals surface area contributed by atoms with Crippen molar-refractivity contribution >= 4 is 54.2 Å². The van der Waals surface area contributed by atoms with Gasteiger partial charge >= 0.3 is 0 Å². The van der Waals surface area contributed by atoms with Gasteiger partial charge in [-0.25, -0.2) is 19.9 Å². The van der Waals surface area contributed by atoms with Crippen molar-refractivity contribution in [3.8, 4) is 56.7 Å². The van der Waals surface area contributed by atoms with Gasteiger partial charge in [-0.05, 0) is 73.8 Å². The second-order valence-corrected chi connectivity index (χ2v) is 13.8. The molecule has 0 N–H and O–H groups in total. The fraction of sp³-hybridized carbons (Fsp3) is 0. The molecule has 0 unspecified atom stereocenters. The molecule has 0 aliphatic heterocycles. The molecule has 9 aromatic carbocycles. The molecule has 0 saturated carbocycles. The maximum absolute atomic E-state index is 6.58. The van der Waals surface area contributed by atoms with Crippen LogP contribution in [0.15, 0.2) is 186 Å². The zero-order valence-corrected chi connectivity index (χ0v) is 29.5. The Morgan fingerprint density at radius 2 is 0.891 bits per heavy atom. The maximum Gasteiger partial charge on any atom is 0.227 e. The molecule has 0 fully saturated rings. The second kappa shape index (κ2) is 12.6. The van der Waals surface area contributed by atoms with Crippen LogP contribution >= 0.6 is 0 Å². The van der Waals surface area contributed by atoms with Crippen LogP contribution < -0.4 is 0 Å². The number of oxazole rings is 1. The first-order chi connectivity index (χ1) is 27.2. The predicted molar refractivity (Wildman–Crippen MR) is 225 cm³/mol. The van der Waals surface area contributed by atoms with Crippen LogP contribution in [0.3, 0.4) is 0 Å². The van der Waals surface area contributed by atoms with Crippen LogP contribution in [0, 0.1) is 0 Å². The third-order valence-corrected chi connectivity index (χ3v) is 10.5. The van der Waals surface area contributed by atoms with Gasteiger partial charge in [0.25, 0.3) is 0 Å². The Balaban J connectivity index is 1.11. The largest absolute Gasteiger partial charge is 0.435 e. The van der Waals surface area contributed by atoms with E-state index < -0.39 is 0 Å². The van der Waals surface area contributed by atoms with E-state index in [0.717, 1.165) is 76.4 Å². The van der Waals surface area contributed by atoms with Gasteiger partial charge < -0.3 is 4.42 Å². The summed E-state index contributed by atoms with van der Waals surface area (Å²) in [6, 6.07) is 63.0. The van der Waals surface area contributed by atoms with Crippen molar-refractivity contribution in [1.29, 1.82) is 0 Å². The summed E-state index contributed by atoms with van der Waals surface area (Å²) < 4.78 is 6.58. The van der Waals surface area contributed by atoms with E-state index in [-0.39, 0.29) is 0 Å². The maximum atomic E-state index is 6.58. The summed E-state index contributed by atoms with van der Waals surface area (Å²) >= 11 is 0. The Kier molecular flexibility index (Phi) is 7.10. The van der Waals surface area contributed by atoms with E-state index >= 15 is 0 Å². The van der Waals surface area contributed by atoms with Crippen molar-refractivity contribution in [2.45, 2.75) is 0 Å². The summed E-state index contributed by atoms with van der Waals surface area (Å²) in [5.74, 6) is 2.47. The lowest BCUT2D eigenvalue weighted by molar-refractivity contribution is 0.623. The van der Waals surface area contributed by atoms with Gasteiger partial charge in [-0.2, -0.15) is 0 Å². The number of nitrogens with zero attached hydrogens (tertiary/aromatic N) is 4. The van der Waals surface area contributed by atoms with Crippen LogP contribution in [0.5, 0.6) is 0 Å². The average Bonchev–Trinajstić information content (AvgIpc) is 3.71. The SMILES string of the molecule is c1ccc(-c2ccc3cc(-c4nc(-c5ccccc5)nc(-c5cccc6c5ccc5ccc7ccc8nc(-c9ccccc9)oc8c7c56)n4)ccc3c2)cc1. The van der Waals surface area contributed by atoms with Crippen LogP contribution in [0.25, 0.3) is 111 Å². The molecule has 55 heavy (non-hydrogen) atoms. The lowest BCUT2D eigenvalue weighted by atomic mass is 9.93. The van der Waals surface area contributed by atoms with Gasteiger partial charge in [-0.1, -0.05) is 152 Å². The monoisotopic (exact) mass is 702 g/mol. The van der Waals surface area contributed by atoms with E-state index in [1.807, 2.05) is 72.8 Å². The van der Waals surface area contributed by atoms with E-state index in [9.17, 15) is 0 Å². The van der Waals surface area contributed by atoms with Crippen molar-refractivity contribution in [2.75, 3.05) is 0 Å². The first kappa shape index (κ1) is 31.1. The molecule has 0 amide bonds. The van der Waals surface area contributed by atoms with Crippen LogP contribution in [-0.4, -0.2) is 19.9 Å². The fourth-order valence-corrected chi connectivity index (χ4v) is 7.81. The molecule has 0 radical (unpaired) electrons. The zero-order valence-electron chi connectivity index (χ0n) is 29.5. The number of hydrogen-bond acceptors (Lipinski definition) is 5. The molecule has 0 saturated heterocycles. The molecular weight excluding hydrogens is 673 g/mol. The van der Waals surface area contributed by atoms with E-state index in [2.05, 4.69) is 109 Å². The number of fused-ring (bicyclic) bond motifs is 8. The molecular formula is C50H30N4O. The zero-order chi connectivity index (χ0) is 36.3. The molecule has 0 aliphatic carbocycles. The first-order valence-electron chi connectivity index (χ1n) is 18.4. The molecule has 11 aromatic rings. The van der Waals surface area contributed by atoms with E-state index in [1.54, 1.807) is 0 Å². The number of aromatic nitrogens is 4. The minimum Gasteiger partial charge on any atom is -0.435 e. The van der Waals surface area contributed by atoms with Crippen molar-refractivity contribution in [1.82, 2.24) is 19.9 Å². The van der Waals surface area contributed by atoms with Crippen molar-refractivity contribution < 1.29 is 4.42 Å². The summed E-state index contributed by atoms with van der Waals surface area (Å²) in [6.07, 6.45) is 0. The van der Waals surface area contributed by atoms with Gasteiger partial charge in [0.1, 0.15) is 5.52 Å². The molecule has 0 bridgehead atoms. The number of benzene rings is 9. The average molecular weight is 703 g/mol. The van der Waals surface area contributed by atoms with Crippen molar-refractivity contribution in [3.05, 3.63) is 182 Å². The van der Waals surface area contributed by atoms with Crippen LogP contribution in [0.1, 0.15) is 0 Å². The minimum absolute atomic E-state index is 0.609. The number of rotatable bonds is 5. The Labute approximate surface area is 316 Å². The van der Waals surface area contributed by atoms with Crippen molar-refractivity contribution in [3.63, 3.8) is 0 Å². The van der Waals surface area contributed by atoms with Crippen molar-refractivity contribution in [2.24, 2.45) is 0 Å². The Morgan fingerprint density at radius 1 is 0.327 bits per heavy atom. The molecule has 0 spiro atoms. The van der Waals surface area contributed by atoms with E-state index in [4.69, 9.17) is 24.4 Å². The van der Waals surface area contributed by atoms with Gasteiger partial charge in [0.15, 0.2) is 23.1 Å². The molecule has 2 heterocycles. The normalized spacial score (nSPS) is 11.6. The summed E-state index contributed by atoms with van der Waals surface area (Å²) in [5.41, 5.74) is 7.73. The Bertz CT molecular complexity index is 3250. The van der Waals surface area contributed by atoms with Crippen LogP contribution in [0.4, 0.5) is 0 Å².